The lowest BCUT2D eigenvalue weighted by atomic mass is 10.1. The van der Waals surface area contributed by atoms with Crippen LogP contribution in [0.5, 0.6) is 5.75 Å². The van der Waals surface area contributed by atoms with Crippen LogP contribution >= 0.6 is 0 Å². The summed E-state index contributed by atoms with van der Waals surface area (Å²) in [5.41, 5.74) is 2.02. The van der Waals surface area contributed by atoms with Crippen molar-refractivity contribution >= 4 is 11.0 Å². The summed E-state index contributed by atoms with van der Waals surface area (Å²) in [6.45, 7) is 6.68. The number of aryl methyl sites for hydroxylation is 2. The van der Waals surface area contributed by atoms with Gasteiger partial charge in [0.05, 0.1) is 12.0 Å². The summed E-state index contributed by atoms with van der Waals surface area (Å²) < 4.78 is 19.2. The number of hydrogen-bond acceptors (Lipinski definition) is 2. The average Bonchev–Trinajstić information content (AvgIpc) is 2.26. The molecule has 90 valence electrons. The fourth-order valence-electron chi connectivity index (χ4n) is 1.58. The first-order valence-corrected chi connectivity index (χ1v) is 6.40. The third-order valence-electron chi connectivity index (χ3n) is 2.57. The van der Waals surface area contributed by atoms with Gasteiger partial charge in [-0.2, -0.15) is 0 Å². The van der Waals surface area contributed by atoms with Crippen molar-refractivity contribution in [2.45, 2.75) is 25.7 Å². The highest BCUT2D eigenvalue weighted by molar-refractivity contribution is 7.82. The zero-order chi connectivity index (χ0) is 12.3. The first kappa shape index (κ1) is 13.2. The Morgan fingerprint density at radius 2 is 1.81 bits per heavy atom. The predicted molar refractivity (Wildman–Crippen MR) is 67.2 cm³/mol. The maximum atomic E-state index is 12.2. The summed E-state index contributed by atoms with van der Waals surface area (Å²) in [5, 5.41) is 0. The number of rotatable bonds is 4. The molecule has 0 N–H and O–H groups in total. The van der Waals surface area contributed by atoms with Crippen molar-refractivity contribution < 1.29 is 8.95 Å². The molecule has 0 aliphatic heterocycles. The van der Waals surface area contributed by atoms with E-state index in [1.165, 1.54) is 0 Å². The molecule has 0 heterocycles. The number of hydrogen-bond donors (Lipinski definition) is 0. The van der Waals surface area contributed by atoms with Crippen LogP contribution in [0.25, 0.3) is 0 Å². The van der Waals surface area contributed by atoms with Crippen molar-refractivity contribution in [2.24, 2.45) is 0 Å². The van der Waals surface area contributed by atoms with Crippen molar-refractivity contribution in [1.82, 2.24) is 4.31 Å². The summed E-state index contributed by atoms with van der Waals surface area (Å²) in [6, 6.07) is 3.84. The highest BCUT2D eigenvalue weighted by Gasteiger charge is 2.15. The van der Waals surface area contributed by atoms with E-state index in [0.717, 1.165) is 28.3 Å². The Balaban J connectivity index is 3.19. The second-order valence-electron chi connectivity index (χ2n) is 3.78. The van der Waals surface area contributed by atoms with Crippen LogP contribution in [0, 0.1) is 13.8 Å². The Morgan fingerprint density at radius 1 is 1.31 bits per heavy atom. The summed E-state index contributed by atoms with van der Waals surface area (Å²) in [5.74, 6) is 0.815. The van der Waals surface area contributed by atoms with Crippen molar-refractivity contribution in [3.05, 3.63) is 23.3 Å². The van der Waals surface area contributed by atoms with Crippen LogP contribution in [-0.4, -0.2) is 29.2 Å². The molecule has 1 rings (SSSR count). The van der Waals surface area contributed by atoms with Crippen LogP contribution in [0.2, 0.25) is 0 Å². The van der Waals surface area contributed by atoms with Gasteiger partial charge in [-0.25, -0.2) is 8.51 Å². The average molecular weight is 241 g/mol. The van der Waals surface area contributed by atoms with Crippen molar-refractivity contribution in [3.8, 4) is 5.75 Å². The van der Waals surface area contributed by atoms with E-state index >= 15 is 0 Å². The van der Waals surface area contributed by atoms with Crippen LogP contribution in [0.4, 0.5) is 0 Å². The lowest BCUT2D eigenvalue weighted by molar-refractivity contribution is 0.413. The van der Waals surface area contributed by atoms with Crippen molar-refractivity contribution in [3.63, 3.8) is 0 Å². The van der Waals surface area contributed by atoms with Crippen LogP contribution in [0.3, 0.4) is 0 Å². The normalized spacial score (nSPS) is 12.9. The van der Waals surface area contributed by atoms with Crippen LogP contribution in [0.1, 0.15) is 18.1 Å². The molecule has 1 atom stereocenters. The first-order valence-electron chi connectivity index (χ1n) is 5.29. The molecule has 0 bridgehead atoms. The molecular weight excluding hydrogens is 222 g/mol. The quantitative estimate of drug-likeness (QED) is 0.809. The summed E-state index contributed by atoms with van der Waals surface area (Å²) in [6.07, 6.45) is 0. The van der Waals surface area contributed by atoms with E-state index < -0.39 is 11.0 Å². The van der Waals surface area contributed by atoms with Crippen LogP contribution < -0.4 is 4.74 Å². The maximum absolute atomic E-state index is 12.2. The Labute approximate surface area is 100 Å². The molecular formula is C12H19NO2S. The standard InChI is InChI=1S/C12H19NO2S/c1-6-13(4)16(14)12-9(2)7-11(15-5)8-10(12)3/h7-8H,6H2,1-5H3. The van der Waals surface area contributed by atoms with Gasteiger partial charge in [0.15, 0.2) is 0 Å². The maximum Gasteiger partial charge on any atom is 0.127 e. The summed E-state index contributed by atoms with van der Waals surface area (Å²) >= 11 is 0. The fraction of sp³-hybridized carbons (Fsp3) is 0.500. The summed E-state index contributed by atoms with van der Waals surface area (Å²) in [4.78, 5) is 0.894. The molecule has 0 aliphatic carbocycles. The minimum Gasteiger partial charge on any atom is -0.497 e. The van der Waals surface area contributed by atoms with E-state index in [1.807, 2.05) is 44.3 Å². The van der Waals surface area contributed by atoms with E-state index in [1.54, 1.807) is 7.11 Å². The predicted octanol–water partition coefficient (Wildman–Crippen LogP) is 2.29. The molecule has 0 fully saturated rings. The molecule has 16 heavy (non-hydrogen) atoms. The Morgan fingerprint density at radius 3 is 2.19 bits per heavy atom. The van der Waals surface area contributed by atoms with E-state index in [0.29, 0.717) is 0 Å². The SMILES string of the molecule is CCN(C)S(=O)c1c(C)cc(OC)cc1C. The summed E-state index contributed by atoms with van der Waals surface area (Å²) in [7, 11) is 2.42. The fourth-order valence-corrected chi connectivity index (χ4v) is 2.79. The Bertz CT molecular complexity index is 381. The molecule has 1 aromatic carbocycles. The van der Waals surface area contributed by atoms with Gasteiger partial charge in [0.25, 0.3) is 0 Å². The number of ether oxygens (including phenoxy) is 1. The second-order valence-corrected chi connectivity index (χ2v) is 5.31. The number of benzene rings is 1. The molecule has 0 aromatic heterocycles. The van der Waals surface area contributed by atoms with Crippen molar-refractivity contribution in [1.29, 1.82) is 0 Å². The zero-order valence-electron chi connectivity index (χ0n) is 10.5. The topological polar surface area (TPSA) is 29.5 Å². The third kappa shape index (κ3) is 2.62. The van der Waals surface area contributed by atoms with E-state index in [-0.39, 0.29) is 0 Å². The van der Waals surface area contributed by atoms with E-state index in [9.17, 15) is 4.21 Å². The lowest BCUT2D eigenvalue weighted by Gasteiger charge is -2.17. The van der Waals surface area contributed by atoms with Gasteiger partial charge < -0.3 is 4.74 Å². The minimum absolute atomic E-state index is 0.761. The Kier molecular flexibility index (Phi) is 4.50. The van der Waals surface area contributed by atoms with Gasteiger partial charge in [-0.3, -0.25) is 0 Å². The molecule has 1 unspecified atom stereocenters. The van der Waals surface area contributed by atoms with Gasteiger partial charge in [-0.1, -0.05) is 6.92 Å². The van der Waals surface area contributed by atoms with Gasteiger partial charge in [-0.15, -0.1) is 0 Å². The molecule has 4 heteroatoms. The van der Waals surface area contributed by atoms with Crippen molar-refractivity contribution in [2.75, 3.05) is 20.7 Å². The van der Waals surface area contributed by atoms with Crippen LogP contribution in [-0.2, 0) is 11.0 Å². The van der Waals surface area contributed by atoms with Gasteiger partial charge in [0, 0.05) is 13.6 Å². The molecule has 0 spiro atoms. The zero-order valence-corrected chi connectivity index (χ0v) is 11.4. The van der Waals surface area contributed by atoms with Gasteiger partial charge in [0.1, 0.15) is 16.7 Å². The molecule has 3 nitrogen and oxygen atoms in total. The van der Waals surface area contributed by atoms with Gasteiger partial charge in [0.2, 0.25) is 0 Å². The number of methoxy groups -OCH3 is 1. The molecule has 0 saturated carbocycles. The minimum atomic E-state index is -1.08. The first-order chi connectivity index (χ1) is 7.51. The smallest absolute Gasteiger partial charge is 0.127 e. The number of nitrogens with zero attached hydrogens (tertiary/aromatic N) is 1. The highest BCUT2D eigenvalue weighted by atomic mass is 32.2. The molecule has 0 aliphatic rings. The third-order valence-corrected chi connectivity index (χ3v) is 4.39. The Hall–Kier alpha value is -0.870. The largest absolute Gasteiger partial charge is 0.497 e. The molecule has 0 saturated heterocycles. The van der Waals surface area contributed by atoms with Gasteiger partial charge >= 0.3 is 0 Å². The van der Waals surface area contributed by atoms with Gasteiger partial charge in [-0.05, 0) is 37.1 Å². The molecule has 1 aromatic rings. The second kappa shape index (κ2) is 5.46. The molecule has 0 radical (unpaired) electrons. The highest BCUT2D eigenvalue weighted by Crippen LogP contribution is 2.25. The van der Waals surface area contributed by atoms with E-state index in [4.69, 9.17) is 4.74 Å². The lowest BCUT2D eigenvalue weighted by Crippen LogP contribution is -2.22. The van der Waals surface area contributed by atoms with E-state index in [2.05, 4.69) is 0 Å². The van der Waals surface area contributed by atoms with Crippen LogP contribution in [0.15, 0.2) is 17.0 Å². The monoisotopic (exact) mass is 241 g/mol. The molecule has 0 amide bonds.